The summed E-state index contributed by atoms with van der Waals surface area (Å²) in [6.07, 6.45) is 5.67. The van der Waals surface area contributed by atoms with Crippen LogP contribution in [0.25, 0.3) is 6.08 Å². The first kappa shape index (κ1) is 23.2. The summed E-state index contributed by atoms with van der Waals surface area (Å²) >= 11 is 0. The van der Waals surface area contributed by atoms with Crippen LogP contribution in [0.15, 0.2) is 42.5 Å². The molecule has 1 heterocycles. The van der Waals surface area contributed by atoms with Gasteiger partial charge in [0.05, 0.1) is 28.4 Å². The zero-order valence-corrected chi connectivity index (χ0v) is 18.9. The molecule has 1 aliphatic heterocycles. The van der Waals surface area contributed by atoms with Crippen LogP contribution in [0.4, 0.5) is 0 Å². The number of hydrogen-bond acceptors (Lipinski definition) is 6. The maximum Gasteiger partial charge on any atom is 0.342 e. The Hall–Kier alpha value is -3.48. The number of methoxy groups -OCH3 is 4. The molecule has 0 aromatic heterocycles. The molecule has 170 valence electrons. The van der Waals surface area contributed by atoms with Gasteiger partial charge in [-0.05, 0) is 54.7 Å². The van der Waals surface area contributed by atoms with Gasteiger partial charge in [0.15, 0.2) is 0 Å². The molecule has 1 aliphatic rings. The van der Waals surface area contributed by atoms with E-state index in [0.29, 0.717) is 41.3 Å². The molecule has 0 atom stereocenters. The quantitative estimate of drug-likeness (QED) is 0.606. The van der Waals surface area contributed by atoms with Crippen molar-refractivity contribution in [1.82, 2.24) is 4.90 Å². The summed E-state index contributed by atoms with van der Waals surface area (Å²) in [5.41, 5.74) is 1.69. The molecule has 2 aromatic rings. The molecule has 0 saturated carbocycles. The van der Waals surface area contributed by atoms with Gasteiger partial charge in [-0.25, -0.2) is 4.79 Å². The smallest absolute Gasteiger partial charge is 0.342 e. The van der Waals surface area contributed by atoms with E-state index in [0.717, 1.165) is 18.6 Å². The molecule has 0 N–H and O–H groups in total. The molecular weight excluding hydrogens is 410 g/mol. The third-order valence-electron chi connectivity index (χ3n) is 5.66. The molecule has 0 bridgehead atoms. The molecule has 7 heteroatoms. The van der Waals surface area contributed by atoms with Crippen molar-refractivity contribution in [2.45, 2.75) is 12.8 Å². The summed E-state index contributed by atoms with van der Waals surface area (Å²) < 4.78 is 20.8. The topological polar surface area (TPSA) is 74.3 Å². The Kier molecular flexibility index (Phi) is 7.76. The molecule has 0 aliphatic carbocycles. The first-order chi connectivity index (χ1) is 15.5. The van der Waals surface area contributed by atoms with Crippen LogP contribution in [-0.4, -0.2) is 58.3 Å². The normalized spacial score (nSPS) is 14.3. The van der Waals surface area contributed by atoms with E-state index in [-0.39, 0.29) is 11.8 Å². The van der Waals surface area contributed by atoms with Crippen molar-refractivity contribution in [2.24, 2.45) is 5.92 Å². The minimum Gasteiger partial charge on any atom is -0.497 e. The molecule has 32 heavy (non-hydrogen) atoms. The monoisotopic (exact) mass is 439 g/mol. The number of likely N-dealkylation sites (tertiary alicyclic amines) is 1. The van der Waals surface area contributed by atoms with Crippen LogP contribution in [0.3, 0.4) is 0 Å². The number of ether oxygens (including phenoxy) is 4. The van der Waals surface area contributed by atoms with Crippen molar-refractivity contribution in [3.63, 3.8) is 0 Å². The number of allylic oxidation sites excluding steroid dienone is 1. The molecular formula is C25H29NO6. The second kappa shape index (κ2) is 10.7. The summed E-state index contributed by atoms with van der Waals surface area (Å²) in [7, 11) is 6.01. The number of nitrogens with zero attached hydrogens (tertiary/aromatic N) is 1. The maximum atomic E-state index is 12.8. The van der Waals surface area contributed by atoms with Crippen LogP contribution in [0.1, 0.15) is 39.1 Å². The zero-order chi connectivity index (χ0) is 23.1. The first-order valence-electron chi connectivity index (χ1n) is 10.5. The summed E-state index contributed by atoms with van der Waals surface area (Å²) in [6, 6.07) is 10.6. The van der Waals surface area contributed by atoms with Crippen molar-refractivity contribution in [1.29, 1.82) is 0 Å². The highest BCUT2D eigenvalue weighted by Gasteiger charge is 2.23. The highest BCUT2D eigenvalue weighted by molar-refractivity contribution is 5.97. The van der Waals surface area contributed by atoms with Crippen LogP contribution in [0.2, 0.25) is 0 Å². The third-order valence-corrected chi connectivity index (χ3v) is 5.66. The predicted molar refractivity (Wildman–Crippen MR) is 122 cm³/mol. The fraction of sp³-hybridized carbons (Fsp3) is 0.360. The fourth-order valence-electron chi connectivity index (χ4n) is 3.79. The van der Waals surface area contributed by atoms with Gasteiger partial charge in [-0.2, -0.15) is 0 Å². The number of carbonyl (C=O) groups excluding carboxylic acids is 2. The molecule has 0 unspecified atom stereocenters. The molecule has 3 rings (SSSR count). The molecule has 1 saturated heterocycles. The van der Waals surface area contributed by atoms with Crippen LogP contribution in [0, 0.1) is 5.92 Å². The lowest BCUT2D eigenvalue weighted by molar-refractivity contribution is 0.0596. The molecule has 7 nitrogen and oxygen atoms in total. The van der Waals surface area contributed by atoms with E-state index < -0.39 is 5.97 Å². The molecule has 1 fully saturated rings. The molecule has 1 amide bonds. The Morgan fingerprint density at radius 3 is 2.12 bits per heavy atom. The number of benzene rings is 2. The van der Waals surface area contributed by atoms with E-state index in [1.165, 1.54) is 14.2 Å². The van der Waals surface area contributed by atoms with Crippen molar-refractivity contribution in [3.8, 4) is 17.2 Å². The lowest BCUT2D eigenvalue weighted by atomic mass is 9.94. The Labute approximate surface area is 188 Å². The van der Waals surface area contributed by atoms with E-state index in [2.05, 4.69) is 6.08 Å². The highest BCUT2D eigenvalue weighted by Crippen LogP contribution is 2.31. The fourth-order valence-corrected chi connectivity index (χ4v) is 3.79. The van der Waals surface area contributed by atoms with Gasteiger partial charge < -0.3 is 23.8 Å². The summed E-state index contributed by atoms with van der Waals surface area (Å²) in [4.78, 5) is 27.0. The van der Waals surface area contributed by atoms with E-state index in [4.69, 9.17) is 18.9 Å². The lowest BCUT2D eigenvalue weighted by Crippen LogP contribution is -2.38. The largest absolute Gasteiger partial charge is 0.497 e. The average Bonchev–Trinajstić information content (AvgIpc) is 2.86. The molecule has 0 spiro atoms. The third kappa shape index (κ3) is 5.22. The second-order valence-electron chi connectivity index (χ2n) is 7.50. The first-order valence-corrected chi connectivity index (χ1v) is 10.5. The average molecular weight is 440 g/mol. The van der Waals surface area contributed by atoms with E-state index in [9.17, 15) is 9.59 Å². The standard InChI is InChI=1S/C25H29NO6/c1-29-20-9-7-18(8-10-20)24(27)26-13-11-17(12-14-26)5-6-19-15-21(30-2)16-22(31-3)23(19)25(28)32-4/h5-10,15-17H,11-14H2,1-4H3. The summed E-state index contributed by atoms with van der Waals surface area (Å²) in [6.45, 7) is 1.34. The maximum absolute atomic E-state index is 12.8. The predicted octanol–water partition coefficient (Wildman–Crippen LogP) is 4.06. The Bertz CT molecular complexity index is 975. The van der Waals surface area contributed by atoms with Gasteiger partial charge in [-0.15, -0.1) is 0 Å². The minimum absolute atomic E-state index is 0.0283. The Morgan fingerprint density at radius 1 is 0.906 bits per heavy atom. The van der Waals surface area contributed by atoms with Crippen molar-refractivity contribution in [2.75, 3.05) is 41.5 Å². The number of rotatable bonds is 7. The van der Waals surface area contributed by atoms with Crippen molar-refractivity contribution >= 4 is 18.0 Å². The van der Waals surface area contributed by atoms with Crippen molar-refractivity contribution in [3.05, 3.63) is 59.2 Å². The lowest BCUT2D eigenvalue weighted by Gasteiger charge is -2.31. The van der Waals surface area contributed by atoms with Gasteiger partial charge in [0.2, 0.25) is 0 Å². The van der Waals surface area contributed by atoms with Gasteiger partial charge >= 0.3 is 5.97 Å². The number of hydrogen-bond donors (Lipinski definition) is 0. The summed E-state index contributed by atoms with van der Waals surface area (Å²) in [5.74, 6) is 1.57. The number of piperidine rings is 1. The minimum atomic E-state index is -0.468. The van der Waals surface area contributed by atoms with Gasteiger partial charge in [0.1, 0.15) is 22.8 Å². The highest BCUT2D eigenvalue weighted by atomic mass is 16.5. The SMILES string of the molecule is COC(=O)c1c(C=CC2CCN(C(=O)c3ccc(OC)cc3)CC2)cc(OC)cc1OC. The van der Waals surface area contributed by atoms with Gasteiger partial charge in [0, 0.05) is 24.7 Å². The van der Waals surface area contributed by atoms with Crippen LogP contribution >= 0.6 is 0 Å². The van der Waals surface area contributed by atoms with Crippen LogP contribution < -0.4 is 14.2 Å². The summed E-state index contributed by atoms with van der Waals surface area (Å²) in [5, 5.41) is 0. The number of esters is 1. The van der Waals surface area contributed by atoms with E-state index in [1.807, 2.05) is 11.0 Å². The molecule has 0 radical (unpaired) electrons. The number of amides is 1. The number of carbonyl (C=O) groups is 2. The van der Waals surface area contributed by atoms with Crippen molar-refractivity contribution < 1.29 is 28.5 Å². The molecule has 2 aromatic carbocycles. The van der Waals surface area contributed by atoms with E-state index in [1.54, 1.807) is 50.6 Å². The van der Waals surface area contributed by atoms with Crippen LogP contribution in [0.5, 0.6) is 17.2 Å². The Balaban J connectivity index is 1.70. The van der Waals surface area contributed by atoms with Gasteiger partial charge in [-0.1, -0.05) is 12.2 Å². The van der Waals surface area contributed by atoms with Crippen LogP contribution in [-0.2, 0) is 4.74 Å². The second-order valence-corrected chi connectivity index (χ2v) is 7.50. The van der Waals surface area contributed by atoms with E-state index >= 15 is 0 Å². The van der Waals surface area contributed by atoms with Gasteiger partial charge in [0.25, 0.3) is 5.91 Å². The zero-order valence-electron chi connectivity index (χ0n) is 18.9. The Morgan fingerprint density at radius 2 is 1.56 bits per heavy atom. The van der Waals surface area contributed by atoms with Gasteiger partial charge in [-0.3, -0.25) is 4.79 Å².